The van der Waals surface area contributed by atoms with Crippen LogP contribution >= 0.6 is 46.1 Å². The molecule has 0 spiro atoms. The number of anilines is 2. The molecule has 1 N–H and O–H groups in total. The smallest absolute Gasteiger partial charge is 0.264 e. The third-order valence-corrected chi connectivity index (χ3v) is 8.52. The first-order valence-corrected chi connectivity index (χ1v) is 13.5. The molecule has 3 aromatic carbocycles. The van der Waals surface area contributed by atoms with Gasteiger partial charge in [-0.25, -0.2) is 8.42 Å². The van der Waals surface area contributed by atoms with Crippen molar-refractivity contribution in [3.8, 4) is 10.6 Å². The Morgan fingerprint density at radius 2 is 1.63 bits per heavy atom. The van der Waals surface area contributed by atoms with E-state index < -0.39 is 22.5 Å². The van der Waals surface area contributed by atoms with Gasteiger partial charge in [0.25, 0.3) is 10.0 Å². The minimum absolute atomic E-state index is 0.0305. The van der Waals surface area contributed by atoms with Gasteiger partial charge in [0.2, 0.25) is 11.0 Å². The highest BCUT2D eigenvalue weighted by atomic mass is 35.5. The number of rotatable bonds is 7. The van der Waals surface area contributed by atoms with Gasteiger partial charge in [0.05, 0.1) is 20.6 Å². The average molecular weight is 568 g/mol. The van der Waals surface area contributed by atoms with Crippen molar-refractivity contribution in [2.75, 3.05) is 16.2 Å². The monoisotopic (exact) mass is 566 g/mol. The highest BCUT2D eigenvalue weighted by molar-refractivity contribution is 7.92. The number of carbonyl (C=O) groups is 1. The summed E-state index contributed by atoms with van der Waals surface area (Å²) in [4.78, 5) is 12.9. The number of aryl methyl sites for hydroxylation is 1. The van der Waals surface area contributed by atoms with Crippen LogP contribution < -0.4 is 9.62 Å². The maximum atomic E-state index is 13.5. The fourth-order valence-corrected chi connectivity index (χ4v) is 5.66. The Labute approximate surface area is 221 Å². The minimum Gasteiger partial charge on any atom is -0.299 e. The number of sulfonamides is 1. The predicted octanol–water partition coefficient (Wildman–Crippen LogP) is 6.31. The molecule has 1 amide bonds. The van der Waals surface area contributed by atoms with Gasteiger partial charge in [-0.3, -0.25) is 14.4 Å². The second-order valence-electron chi connectivity index (χ2n) is 7.39. The number of halogens is 3. The topological polar surface area (TPSA) is 92.3 Å². The van der Waals surface area contributed by atoms with Crippen LogP contribution in [0.25, 0.3) is 10.6 Å². The van der Waals surface area contributed by atoms with E-state index >= 15 is 0 Å². The maximum Gasteiger partial charge on any atom is 0.264 e. The molecule has 1 heterocycles. The molecule has 35 heavy (non-hydrogen) atoms. The highest BCUT2D eigenvalue weighted by Crippen LogP contribution is 2.31. The number of carbonyl (C=O) groups excluding carboxylic acids is 1. The molecule has 4 rings (SSSR count). The van der Waals surface area contributed by atoms with E-state index in [4.69, 9.17) is 34.8 Å². The van der Waals surface area contributed by atoms with Gasteiger partial charge < -0.3 is 0 Å². The average Bonchev–Trinajstić information content (AvgIpc) is 3.28. The lowest BCUT2D eigenvalue weighted by Gasteiger charge is -2.24. The van der Waals surface area contributed by atoms with Crippen LogP contribution in [-0.4, -0.2) is 31.1 Å². The molecule has 0 aliphatic carbocycles. The van der Waals surface area contributed by atoms with E-state index in [0.717, 1.165) is 26.8 Å². The fraction of sp³-hybridized carbons (Fsp3) is 0.0870. The normalized spacial score (nSPS) is 11.3. The van der Waals surface area contributed by atoms with Crippen molar-refractivity contribution >= 4 is 72.9 Å². The third kappa shape index (κ3) is 5.94. The van der Waals surface area contributed by atoms with E-state index in [1.54, 1.807) is 36.4 Å². The molecular weight excluding hydrogens is 551 g/mol. The number of aromatic nitrogens is 2. The van der Waals surface area contributed by atoms with Crippen molar-refractivity contribution in [2.24, 2.45) is 0 Å². The molecule has 0 saturated heterocycles. The molecule has 4 aromatic rings. The number of nitrogens with one attached hydrogen (secondary N) is 1. The predicted molar refractivity (Wildman–Crippen MR) is 141 cm³/mol. The van der Waals surface area contributed by atoms with Gasteiger partial charge in [-0.1, -0.05) is 76.0 Å². The highest BCUT2D eigenvalue weighted by Gasteiger charge is 2.28. The first kappa shape index (κ1) is 25.4. The number of benzene rings is 3. The van der Waals surface area contributed by atoms with E-state index in [0.29, 0.717) is 10.0 Å². The van der Waals surface area contributed by atoms with Gasteiger partial charge in [-0.15, -0.1) is 10.2 Å². The first-order valence-electron chi connectivity index (χ1n) is 10.1. The van der Waals surface area contributed by atoms with Crippen molar-refractivity contribution in [2.45, 2.75) is 11.8 Å². The summed E-state index contributed by atoms with van der Waals surface area (Å²) in [6.07, 6.45) is 0. The molecule has 0 aliphatic heterocycles. The van der Waals surface area contributed by atoms with Gasteiger partial charge in [0, 0.05) is 10.6 Å². The van der Waals surface area contributed by atoms with Crippen molar-refractivity contribution < 1.29 is 13.2 Å². The van der Waals surface area contributed by atoms with Crippen LogP contribution in [0.15, 0.2) is 71.6 Å². The summed E-state index contributed by atoms with van der Waals surface area (Å²) in [5, 5.41) is 12.5. The molecule has 0 bridgehead atoms. The first-order chi connectivity index (χ1) is 16.6. The Balaban J connectivity index is 1.60. The van der Waals surface area contributed by atoms with Crippen molar-refractivity contribution in [3.63, 3.8) is 0 Å². The maximum absolute atomic E-state index is 13.5. The summed E-state index contributed by atoms with van der Waals surface area (Å²) < 4.78 is 27.9. The molecule has 180 valence electrons. The van der Waals surface area contributed by atoms with Crippen LogP contribution in [0.2, 0.25) is 15.1 Å². The summed E-state index contributed by atoms with van der Waals surface area (Å²) in [7, 11) is -4.10. The lowest BCUT2D eigenvalue weighted by molar-refractivity contribution is -0.114. The number of hydrogen-bond acceptors (Lipinski definition) is 6. The zero-order valence-corrected chi connectivity index (χ0v) is 22.0. The van der Waals surface area contributed by atoms with Gasteiger partial charge in [0.15, 0.2) is 0 Å². The molecular formula is C23H17Cl3N4O3S2. The van der Waals surface area contributed by atoms with E-state index in [1.807, 2.05) is 6.92 Å². The standard InChI is InChI=1S/C23H17Cl3N4O3S2/c1-14-2-9-18(10-3-14)35(32,33)30(17-8-11-19(25)20(26)12-17)13-21(31)27-23-29-28-22(34-23)15-4-6-16(24)7-5-15/h2-12H,13H2,1H3,(H,27,29,31). The lowest BCUT2D eigenvalue weighted by atomic mass is 10.2. The summed E-state index contributed by atoms with van der Waals surface area (Å²) in [5.41, 5.74) is 1.87. The van der Waals surface area contributed by atoms with Gasteiger partial charge in [-0.2, -0.15) is 0 Å². The zero-order chi connectivity index (χ0) is 25.2. The van der Waals surface area contributed by atoms with Crippen LogP contribution in [0.1, 0.15) is 5.56 Å². The number of nitrogens with zero attached hydrogens (tertiary/aromatic N) is 3. The Hall–Kier alpha value is -2.69. The Morgan fingerprint density at radius 1 is 0.943 bits per heavy atom. The van der Waals surface area contributed by atoms with E-state index in [9.17, 15) is 13.2 Å². The quantitative estimate of drug-likeness (QED) is 0.283. The Bertz CT molecular complexity index is 1470. The van der Waals surface area contributed by atoms with Crippen molar-refractivity contribution in [3.05, 3.63) is 87.4 Å². The Morgan fingerprint density at radius 3 is 2.29 bits per heavy atom. The molecule has 0 unspecified atom stereocenters. The SMILES string of the molecule is Cc1ccc(S(=O)(=O)N(CC(=O)Nc2nnc(-c3ccc(Cl)cc3)s2)c2ccc(Cl)c(Cl)c2)cc1. The molecule has 0 aliphatic rings. The number of hydrogen-bond donors (Lipinski definition) is 1. The van der Waals surface area contributed by atoms with Crippen LogP contribution in [0.5, 0.6) is 0 Å². The largest absolute Gasteiger partial charge is 0.299 e. The minimum atomic E-state index is -4.10. The second kappa shape index (κ2) is 10.5. The summed E-state index contributed by atoms with van der Waals surface area (Å²) in [6.45, 7) is 1.32. The Kier molecular flexibility index (Phi) is 7.63. The third-order valence-electron chi connectivity index (χ3n) is 4.85. The lowest BCUT2D eigenvalue weighted by Crippen LogP contribution is -2.38. The van der Waals surface area contributed by atoms with E-state index in [-0.39, 0.29) is 25.8 Å². The van der Waals surface area contributed by atoms with Crippen molar-refractivity contribution in [1.29, 1.82) is 0 Å². The fourth-order valence-electron chi connectivity index (χ4n) is 3.06. The summed E-state index contributed by atoms with van der Waals surface area (Å²) in [6, 6.07) is 17.7. The molecule has 0 fully saturated rings. The van der Waals surface area contributed by atoms with Gasteiger partial charge >= 0.3 is 0 Å². The summed E-state index contributed by atoms with van der Waals surface area (Å²) >= 11 is 19.2. The molecule has 0 saturated carbocycles. The van der Waals surface area contributed by atoms with Crippen molar-refractivity contribution in [1.82, 2.24) is 10.2 Å². The number of amides is 1. The van der Waals surface area contributed by atoms with Crippen LogP contribution in [0, 0.1) is 6.92 Å². The molecule has 0 atom stereocenters. The van der Waals surface area contributed by atoms with Crippen LogP contribution in [0.3, 0.4) is 0 Å². The van der Waals surface area contributed by atoms with Crippen LogP contribution in [-0.2, 0) is 14.8 Å². The van der Waals surface area contributed by atoms with E-state index in [1.165, 1.54) is 30.3 Å². The molecule has 0 radical (unpaired) electrons. The second-order valence-corrected chi connectivity index (χ2v) is 11.5. The van der Waals surface area contributed by atoms with E-state index in [2.05, 4.69) is 15.5 Å². The van der Waals surface area contributed by atoms with Gasteiger partial charge in [0.1, 0.15) is 11.6 Å². The molecule has 7 nitrogen and oxygen atoms in total. The van der Waals surface area contributed by atoms with Crippen LogP contribution in [0.4, 0.5) is 10.8 Å². The molecule has 1 aromatic heterocycles. The summed E-state index contributed by atoms with van der Waals surface area (Å²) in [5.74, 6) is -0.606. The zero-order valence-electron chi connectivity index (χ0n) is 18.1. The van der Waals surface area contributed by atoms with Gasteiger partial charge in [-0.05, 0) is 49.4 Å². The molecule has 12 heteroatoms.